The van der Waals surface area contributed by atoms with Crippen molar-refractivity contribution in [2.45, 2.75) is 0 Å². The van der Waals surface area contributed by atoms with Crippen molar-refractivity contribution in [3.05, 3.63) is 206 Å². The Morgan fingerprint density at radius 1 is 0.246 bits per heavy atom. The minimum Gasteiger partial charge on any atom is -0.456 e. The van der Waals surface area contributed by atoms with Gasteiger partial charge in [-0.1, -0.05) is 140 Å². The third kappa shape index (κ3) is 4.99. The van der Waals surface area contributed by atoms with Crippen molar-refractivity contribution < 1.29 is 4.42 Å². The first kappa shape index (κ1) is 31.7. The highest BCUT2D eigenvalue weighted by molar-refractivity contribution is 6.17. The van der Waals surface area contributed by atoms with Crippen molar-refractivity contribution in [1.29, 1.82) is 0 Å². The molecule has 0 N–H and O–H groups in total. The van der Waals surface area contributed by atoms with Crippen LogP contribution in [-0.4, -0.2) is 9.13 Å². The summed E-state index contributed by atoms with van der Waals surface area (Å²) in [5, 5.41) is 7.21. The Bertz CT molecular complexity index is 3470. The molecule has 0 bridgehead atoms. The molecule has 266 valence electrons. The maximum Gasteiger partial charge on any atom is 0.136 e. The minimum atomic E-state index is 0.917. The van der Waals surface area contributed by atoms with Gasteiger partial charge in [0.15, 0.2) is 0 Å². The summed E-state index contributed by atoms with van der Waals surface area (Å²) < 4.78 is 11.0. The molecule has 0 saturated heterocycles. The van der Waals surface area contributed by atoms with Crippen LogP contribution in [-0.2, 0) is 0 Å². The van der Waals surface area contributed by atoms with Gasteiger partial charge in [0.1, 0.15) is 11.2 Å². The molecular formula is C54H34N2O. The Kier molecular flexibility index (Phi) is 6.93. The maximum absolute atomic E-state index is 6.28. The van der Waals surface area contributed by atoms with Crippen LogP contribution in [0.25, 0.3) is 110 Å². The summed E-state index contributed by atoms with van der Waals surface area (Å²) in [4.78, 5) is 0. The van der Waals surface area contributed by atoms with Crippen molar-refractivity contribution >= 4 is 65.6 Å². The first-order valence-corrected chi connectivity index (χ1v) is 19.5. The zero-order valence-corrected chi connectivity index (χ0v) is 30.9. The number of furan rings is 1. The SMILES string of the molecule is c1ccc(-c2ccc3c(c2)c2ccccc2n3-c2ccc(-c3ccc(-c4ccc(-n5c6ccccc6c6cc7oc8ccccc8c7cc65)cc4)cc3)cc2)cc1. The molecule has 0 atom stereocenters. The van der Waals surface area contributed by atoms with E-state index in [2.05, 4.69) is 203 Å². The molecule has 0 aliphatic heterocycles. The first-order valence-electron chi connectivity index (χ1n) is 19.5. The van der Waals surface area contributed by atoms with Crippen LogP contribution in [0.1, 0.15) is 0 Å². The fourth-order valence-electron chi connectivity index (χ4n) is 8.99. The van der Waals surface area contributed by atoms with Crippen LogP contribution in [0, 0.1) is 0 Å². The lowest BCUT2D eigenvalue weighted by molar-refractivity contribution is 0.669. The van der Waals surface area contributed by atoms with Crippen molar-refractivity contribution in [2.24, 2.45) is 0 Å². The zero-order chi connectivity index (χ0) is 37.5. The van der Waals surface area contributed by atoms with Gasteiger partial charge >= 0.3 is 0 Å². The summed E-state index contributed by atoms with van der Waals surface area (Å²) in [5.74, 6) is 0. The summed E-state index contributed by atoms with van der Waals surface area (Å²) in [7, 11) is 0. The van der Waals surface area contributed by atoms with E-state index in [4.69, 9.17) is 4.42 Å². The van der Waals surface area contributed by atoms with Gasteiger partial charge < -0.3 is 13.6 Å². The van der Waals surface area contributed by atoms with Crippen molar-refractivity contribution in [3.63, 3.8) is 0 Å². The monoisotopic (exact) mass is 726 g/mol. The van der Waals surface area contributed by atoms with Gasteiger partial charge in [-0.3, -0.25) is 0 Å². The van der Waals surface area contributed by atoms with Gasteiger partial charge in [-0.15, -0.1) is 0 Å². The molecule has 57 heavy (non-hydrogen) atoms. The van der Waals surface area contributed by atoms with E-state index in [1.54, 1.807) is 0 Å². The standard InChI is InChI=1S/C54H34N2O/c1-2-10-35(11-3-1)40-26-31-51-46(32-40)43-12-4-7-15-49(43)55(51)41-27-22-38(23-28-41)36-18-20-37(21-19-36)39-24-29-42(30-25-39)56-50-16-8-5-13-44(50)47-34-54-48(33-52(47)56)45-14-6-9-17-53(45)57-54/h1-34H. The molecule has 0 unspecified atom stereocenters. The Balaban J connectivity index is 0.858. The number of fused-ring (bicyclic) bond motifs is 9. The predicted octanol–water partition coefficient (Wildman–Crippen LogP) is 14.8. The summed E-state index contributed by atoms with van der Waals surface area (Å²) in [5.41, 5.74) is 16.1. The average Bonchev–Trinajstić information content (AvgIpc) is 3.93. The summed E-state index contributed by atoms with van der Waals surface area (Å²) in [6, 6.07) is 74.5. The first-order chi connectivity index (χ1) is 28.2. The molecule has 0 saturated carbocycles. The molecular weight excluding hydrogens is 693 g/mol. The van der Waals surface area contributed by atoms with E-state index in [0.717, 1.165) is 33.3 Å². The number of aromatic nitrogens is 2. The summed E-state index contributed by atoms with van der Waals surface area (Å²) >= 11 is 0. The molecule has 12 rings (SSSR count). The molecule has 0 amide bonds. The molecule has 0 aliphatic rings. The van der Waals surface area contributed by atoms with Crippen molar-refractivity contribution in [1.82, 2.24) is 9.13 Å². The van der Waals surface area contributed by atoms with Gasteiger partial charge in [-0.25, -0.2) is 0 Å². The van der Waals surface area contributed by atoms with Crippen LogP contribution < -0.4 is 0 Å². The molecule has 9 aromatic carbocycles. The molecule has 0 fully saturated rings. The van der Waals surface area contributed by atoms with Crippen molar-refractivity contribution in [2.75, 3.05) is 0 Å². The lowest BCUT2D eigenvalue weighted by atomic mass is 10.00. The topological polar surface area (TPSA) is 23.0 Å². The molecule has 0 radical (unpaired) electrons. The highest BCUT2D eigenvalue weighted by Gasteiger charge is 2.17. The Hall–Kier alpha value is -7.62. The fraction of sp³-hybridized carbons (Fsp3) is 0. The highest BCUT2D eigenvalue weighted by Crippen LogP contribution is 2.39. The van der Waals surface area contributed by atoms with Crippen LogP contribution in [0.5, 0.6) is 0 Å². The fourth-order valence-corrected chi connectivity index (χ4v) is 8.99. The van der Waals surface area contributed by atoms with E-state index < -0.39 is 0 Å². The molecule has 3 heteroatoms. The van der Waals surface area contributed by atoms with E-state index >= 15 is 0 Å². The quantitative estimate of drug-likeness (QED) is 0.173. The Morgan fingerprint density at radius 2 is 0.684 bits per heavy atom. The van der Waals surface area contributed by atoms with Crippen LogP contribution in [0.4, 0.5) is 0 Å². The van der Waals surface area contributed by atoms with Gasteiger partial charge in [0.2, 0.25) is 0 Å². The van der Waals surface area contributed by atoms with Crippen LogP contribution in [0.3, 0.4) is 0 Å². The van der Waals surface area contributed by atoms with Gasteiger partial charge in [0.05, 0.1) is 22.1 Å². The number of para-hydroxylation sites is 3. The predicted molar refractivity (Wildman–Crippen MR) is 239 cm³/mol. The highest BCUT2D eigenvalue weighted by atomic mass is 16.3. The van der Waals surface area contributed by atoms with E-state index in [1.165, 1.54) is 77.0 Å². The Morgan fingerprint density at radius 3 is 1.30 bits per heavy atom. The van der Waals surface area contributed by atoms with Gasteiger partial charge in [0.25, 0.3) is 0 Å². The number of hydrogen-bond donors (Lipinski definition) is 0. The average molecular weight is 727 g/mol. The number of hydrogen-bond acceptors (Lipinski definition) is 1. The minimum absolute atomic E-state index is 0.917. The largest absolute Gasteiger partial charge is 0.456 e. The lowest BCUT2D eigenvalue weighted by Crippen LogP contribution is -1.94. The van der Waals surface area contributed by atoms with Gasteiger partial charge in [0, 0.05) is 43.7 Å². The summed E-state index contributed by atoms with van der Waals surface area (Å²) in [6.45, 7) is 0. The van der Waals surface area contributed by atoms with Crippen LogP contribution in [0.2, 0.25) is 0 Å². The smallest absolute Gasteiger partial charge is 0.136 e. The lowest BCUT2D eigenvalue weighted by Gasteiger charge is -2.11. The maximum atomic E-state index is 6.28. The second kappa shape index (κ2) is 12.5. The zero-order valence-electron chi connectivity index (χ0n) is 30.9. The van der Waals surface area contributed by atoms with E-state index in [9.17, 15) is 0 Å². The third-order valence-corrected chi connectivity index (χ3v) is 11.8. The molecule has 3 aromatic heterocycles. The second-order valence-electron chi connectivity index (χ2n) is 14.9. The molecule has 3 heterocycles. The second-order valence-corrected chi connectivity index (χ2v) is 14.9. The van der Waals surface area contributed by atoms with Crippen LogP contribution in [0.15, 0.2) is 211 Å². The number of nitrogens with zero attached hydrogens (tertiary/aromatic N) is 2. The van der Waals surface area contributed by atoms with Crippen molar-refractivity contribution in [3.8, 4) is 44.8 Å². The molecule has 12 aromatic rings. The normalized spacial score (nSPS) is 11.9. The summed E-state index contributed by atoms with van der Waals surface area (Å²) in [6.07, 6.45) is 0. The van der Waals surface area contributed by atoms with Crippen LogP contribution >= 0.6 is 0 Å². The number of benzene rings is 9. The third-order valence-electron chi connectivity index (χ3n) is 11.8. The Labute approximate surface area is 328 Å². The van der Waals surface area contributed by atoms with E-state index in [-0.39, 0.29) is 0 Å². The van der Waals surface area contributed by atoms with E-state index in [1.807, 2.05) is 12.1 Å². The number of rotatable bonds is 5. The molecule has 0 spiro atoms. The van der Waals surface area contributed by atoms with Gasteiger partial charge in [-0.05, 0) is 100 Å². The van der Waals surface area contributed by atoms with E-state index in [0.29, 0.717) is 0 Å². The van der Waals surface area contributed by atoms with Gasteiger partial charge in [-0.2, -0.15) is 0 Å². The molecule has 3 nitrogen and oxygen atoms in total. The molecule has 0 aliphatic carbocycles.